The Hall–Kier alpha value is -1.12. The fraction of sp³-hybridized carbons (Fsp3) is 0.333. The van der Waals surface area contributed by atoms with E-state index >= 15 is 0 Å². The molecule has 0 saturated heterocycles. The largest absolute Gasteiger partial charge is 0.226 e. The fourth-order valence-corrected chi connectivity index (χ4v) is 2.49. The number of rotatable bonds is 3. The van der Waals surface area contributed by atoms with Crippen LogP contribution >= 0.6 is 11.6 Å². The van der Waals surface area contributed by atoms with Gasteiger partial charge in [0.05, 0.1) is 5.25 Å². The molecule has 80 valence electrons. The molecule has 6 heteroatoms. The van der Waals surface area contributed by atoms with Crippen LogP contribution in [0.15, 0.2) is 23.2 Å². The van der Waals surface area contributed by atoms with Crippen molar-refractivity contribution in [2.45, 2.75) is 17.2 Å². The van der Waals surface area contributed by atoms with E-state index in [0.29, 0.717) is 0 Å². The second-order valence-electron chi connectivity index (χ2n) is 2.98. The summed E-state index contributed by atoms with van der Waals surface area (Å²) in [5.74, 6) is 0.000788. The molecule has 0 N–H and O–H groups in total. The summed E-state index contributed by atoms with van der Waals surface area (Å²) in [6.07, 6.45) is 0. The number of alkyl halides is 1. The molecule has 4 nitrogen and oxygen atoms in total. The first kappa shape index (κ1) is 12.0. The molecule has 0 spiro atoms. The van der Waals surface area contributed by atoms with E-state index < -0.39 is 15.1 Å². The fourth-order valence-electron chi connectivity index (χ4n) is 0.925. The molecule has 1 unspecified atom stereocenters. The highest BCUT2D eigenvalue weighted by Gasteiger charge is 2.23. The normalized spacial score (nSPS) is 13.1. The summed E-state index contributed by atoms with van der Waals surface area (Å²) in [4.78, 5) is 3.72. The van der Waals surface area contributed by atoms with E-state index in [4.69, 9.17) is 16.9 Å². The van der Waals surface area contributed by atoms with E-state index in [2.05, 4.69) is 4.98 Å². The first-order valence-electron chi connectivity index (χ1n) is 4.19. The summed E-state index contributed by atoms with van der Waals surface area (Å²) >= 11 is 5.49. The number of halogens is 1. The van der Waals surface area contributed by atoms with Crippen molar-refractivity contribution in [1.29, 1.82) is 5.26 Å². The Bertz CT molecular complexity index is 493. The predicted octanol–water partition coefficient (Wildman–Crippen LogP) is 1.35. The summed E-state index contributed by atoms with van der Waals surface area (Å²) < 4.78 is 23.5. The molecule has 15 heavy (non-hydrogen) atoms. The molecular formula is C9H9ClN2O2S. The third kappa shape index (κ3) is 2.46. The molecule has 0 aliphatic heterocycles. The predicted molar refractivity (Wildman–Crippen MR) is 56.3 cm³/mol. The molecular weight excluding hydrogens is 236 g/mol. The number of aromatic nitrogens is 1. The highest BCUT2D eigenvalue weighted by Crippen LogP contribution is 2.14. The van der Waals surface area contributed by atoms with Crippen LogP contribution in [0.4, 0.5) is 0 Å². The van der Waals surface area contributed by atoms with Crippen LogP contribution in [0.25, 0.3) is 0 Å². The summed E-state index contributed by atoms with van der Waals surface area (Å²) in [7, 11) is -3.52. The maximum atomic E-state index is 11.8. The van der Waals surface area contributed by atoms with Gasteiger partial charge in [-0.3, -0.25) is 0 Å². The van der Waals surface area contributed by atoms with E-state index in [9.17, 15) is 8.42 Å². The monoisotopic (exact) mass is 244 g/mol. The minimum absolute atomic E-state index is 0.000788. The van der Waals surface area contributed by atoms with Gasteiger partial charge in [0.15, 0.2) is 14.9 Å². The van der Waals surface area contributed by atoms with Crippen LogP contribution in [0.3, 0.4) is 0 Å². The lowest BCUT2D eigenvalue weighted by atomic mass is 10.4. The SMILES string of the molecule is CC(CCl)S(=O)(=O)c1cccc(C#N)n1. The van der Waals surface area contributed by atoms with Crippen LogP contribution < -0.4 is 0 Å². The second kappa shape index (κ2) is 4.60. The molecule has 0 radical (unpaired) electrons. The smallest absolute Gasteiger partial charge is 0.199 e. The topological polar surface area (TPSA) is 70.8 Å². The van der Waals surface area contributed by atoms with E-state index in [1.807, 2.05) is 0 Å². The molecule has 0 aromatic carbocycles. The number of hydrogen-bond donors (Lipinski definition) is 0. The lowest BCUT2D eigenvalue weighted by Crippen LogP contribution is -2.20. The van der Waals surface area contributed by atoms with Gasteiger partial charge >= 0.3 is 0 Å². The Kier molecular flexibility index (Phi) is 3.66. The number of hydrogen-bond acceptors (Lipinski definition) is 4. The van der Waals surface area contributed by atoms with Gasteiger partial charge in [-0.2, -0.15) is 5.26 Å². The van der Waals surface area contributed by atoms with E-state index in [1.165, 1.54) is 25.1 Å². The molecule has 0 bridgehead atoms. The van der Waals surface area contributed by atoms with Gasteiger partial charge in [-0.05, 0) is 19.1 Å². The van der Waals surface area contributed by atoms with Gasteiger partial charge in [0, 0.05) is 5.88 Å². The van der Waals surface area contributed by atoms with Crippen molar-refractivity contribution in [1.82, 2.24) is 4.98 Å². The summed E-state index contributed by atoms with van der Waals surface area (Å²) in [5.41, 5.74) is 0.0813. The van der Waals surface area contributed by atoms with E-state index in [-0.39, 0.29) is 16.6 Å². The highest BCUT2D eigenvalue weighted by atomic mass is 35.5. The van der Waals surface area contributed by atoms with Crippen molar-refractivity contribution < 1.29 is 8.42 Å². The first-order valence-corrected chi connectivity index (χ1v) is 6.27. The minimum atomic E-state index is -3.52. The van der Waals surface area contributed by atoms with Crippen LogP contribution in [0, 0.1) is 11.3 Å². The van der Waals surface area contributed by atoms with Crippen molar-refractivity contribution in [3.63, 3.8) is 0 Å². The summed E-state index contributed by atoms with van der Waals surface area (Å²) in [6.45, 7) is 1.50. The zero-order chi connectivity index (χ0) is 11.5. The maximum absolute atomic E-state index is 11.8. The Morgan fingerprint density at radius 1 is 1.60 bits per heavy atom. The number of pyridine rings is 1. The van der Waals surface area contributed by atoms with Crippen LogP contribution in [0.5, 0.6) is 0 Å². The van der Waals surface area contributed by atoms with Gasteiger partial charge in [-0.1, -0.05) is 6.07 Å². The third-order valence-corrected chi connectivity index (χ3v) is 4.56. The number of nitrogens with zero attached hydrogens (tertiary/aromatic N) is 2. The maximum Gasteiger partial charge on any atom is 0.199 e. The molecule has 0 fully saturated rings. The first-order chi connectivity index (χ1) is 7.02. The lowest BCUT2D eigenvalue weighted by molar-refractivity contribution is 0.584. The van der Waals surface area contributed by atoms with Crippen LogP contribution in [0.1, 0.15) is 12.6 Å². The van der Waals surface area contributed by atoms with Crippen LogP contribution in [-0.2, 0) is 9.84 Å². The van der Waals surface area contributed by atoms with Crippen molar-refractivity contribution >= 4 is 21.4 Å². The van der Waals surface area contributed by atoms with Crippen molar-refractivity contribution in [3.05, 3.63) is 23.9 Å². The molecule has 0 aliphatic rings. The van der Waals surface area contributed by atoms with Crippen molar-refractivity contribution in [2.75, 3.05) is 5.88 Å². The standard InChI is InChI=1S/C9H9ClN2O2S/c1-7(5-10)15(13,14)9-4-2-3-8(6-11)12-9/h2-4,7H,5H2,1H3. The quantitative estimate of drug-likeness (QED) is 0.753. The zero-order valence-corrected chi connectivity index (χ0v) is 9.59. The zero-order valence-electron chi connectivity index (χ0n) is 8.01. The van der Waals surface area contributed by atoms with Gasteiger partial charge in [-0.25, -0.2) is 13.4 Å². The molecule has 1 atom stereocenters. The average Bonchev–Trinajstić information content (AvgIpc) is 2.27. The van der Waals surface area contributed by atoms with Gasteiger partial charge in [0.1, 0.15) is 11.8 Å². The molecule has 0 aliphatic carbocycles. The van der Waals surface area contributed by atoms with E-state index in [1.54, 1.807) is 6.07 Å². The van der Waals surface area contributed by atoms with Gasteiger partial charge in [-0.15, -0.1) is 11.6 Å². The summed E-state index contributed by atoms with van der Waals surface area (Å²) in [6, 6.07) is 6.08. The van der Waals surface area contributed by atoms with Gasteiger partial charge in [0.2, 0.25) is 0 Å². The molecule has 1 rings (SSSR count). The average molecular weight is 245 g/mol. The van der Waals surface area contributed by atoms with E-state index in [0.717, 1.165) is 0 Å². The Morgan fingerprint density at radius 2 is 2.27 bits per heavy atom. The van der Waals surface area contributed by atoms with Crippen molar-refractivity contribution in [3.8, 4) is 6.07 Å². The molecule has 0 saturated carbocycles. The number of sulfone groups is 1. The lowest BCUT2D eigenvalue weighted by Gasteiger charge is -2.08. The molecule has 1 heterocycles. The van der Waals surface area contributed by atoms with Gasteiger partial charge < -0.3 is 0 Å². The summed E-state index contributed by atoms with van der Waals surface area (Å²) in [5, 5.41) is 7.78. The third-order valence-electron chi connectivity index (χ3n) is 1.88. The minimum Gasteiger partial charge on any atom is -0.226 e. The Labute approximate surface area is 93.4 Å². The van der Waals surface area contributed by atoms with Crippen LogP contribution in [0.2, 0.25) is 0 Å². The van der Waals surface area contributed by atoms with Crippen LogP contribution in [-0.4, -0.2) is 24.5 Å². The number of nitriles is 1. The Balaban J connectivity index is 3.23. The Morgan fingerprint density at radius 3 is 2.80 bits per heavy atom. The second-order valence-corrected chi connectivity index (χ2v) is 5.60. The van der Waals surface area contributed by atoms with Gasteiger partial charge in [0.25, 0.3) is 0 Å². The highest BCUT2D eigenvalue weighted by molar-refractivity contribution is 7.92. The molecule has 1 aromatic heterocycles. The molecule has 1 aromatic rings. The molecule has 0 amide bonds. The van der Waals surface area contributed by atoms with Crippen molar-refractivity contribution in [2.24, 2.45) is 0 Å².